The number of fused-ring (bicyclic) bond motifs is 2. The van der Waals surface area contributed by atoms with Gasteiger partial charge >= 0.3 is 0 Å². The lowest BCUT2D eigenvalue weighted by Gasteiger charge is -2.41. The largest absolute Gasteiger partial charge is 0.348 e. The number of unbranched alkanes of at least 4 members (excludes halogenated alkanes) is 1. The average molecular weight is 313 g/mol. The molecule has 2 saturated carbocycles. The number of nitrogens with one attached hydrogen (secondary N) is 1. The van der Waals surface area contributed by atoms with Crippen molar-refractivity contribution in [3.8, 4) is 0 Å². The Bertz CT molecular complexity index is 564. The van der Waals surface area contributed by atoms with E-state index in [9.17, 15) is 4.79 Å². The van der Waals surface area contributed by atoms with Crippen LogP contribution in [-0.4, -0.2) is 11.9 Å². The van der Waals surface area contributed by atoms with Crippen LogP contribution in [0.1, 0.15) is 70.2 Å². The molecule has 0 aliphatic heterocycles. The molecule has 2 aliphatic rings. The van der Waals surface area contributed by atoms with Gasteiger partial charge in [-0.1, -0.05) is 58.7 Å². The fourth-order valence-electron chi connectivity index (χ4n) is 5.46. The van der Waals surface area contributed by atoms with Crippen LogP contribution < -0.4 is 5.32 Å². The Morgan fingerprint density at radius 3 is 2.57 bits per heavy atom. The van der Waals surface area contributed by atoms with Crippen molar-refractivity contribution in [2.45, 2.75) is 65.8 Å². The molecule has 2 bridgehead atoms. The van der Waals surface area contributed by atoms with Gasteiger partial charge in [-0.05, 0) is 54.1 Å². The number of hydrogen-bond donors (Lipinski definition) is 1. The highest BCUT2D eigenvalue weighted by Gasteiger charge is 2.65. The van der Waals surface area contributed by atoms with E-state index in [1.165, 1.54) is 32.1 Å². The molecule has 2 nitrogen and oxygen atoms in total. The molecule has 0 heterocycles. The first-order valence-corrected chi connectivity index (χ1v) is 9.27. The van der Waals surface area contributed by atoms with Gasteiger partial charge in [-0.2, -0.15) is 0 Å². The van der Waals surface area contributed by atoms with Gasteiger partial charge in [0.2, 0.25) is 0 Å². The molecule has 0 aromatic heterocycles. The first-order valence-electron chi connectivity index (χ1n) is 9.27. The Balaban J connectivity index is 1.84. The fraction of sp³-hybridized carbons (Fsp3) is 0.667. The van der Waals surface area contributed by atoms with E-state index in [2.05, 4.69) is 33.0 Å². The van der Waals surface area contributed by atoms with E-state index in [1.54, 1.807) is 0 Å². The smallest absolute Gasteiger partial charge is 0.251 e. The second-order valence-electron chi connectivity index (χ2n) is 8.41. The minimum atomic E-state index is 0.0988. The lowest BCUT2D eigenvalue weighted by Crippen LogP contribution is -2.50. The standard InChI is InChI=1S/C21H31NO/c1-5-6-12-16-17-13-14-21(4,20(17,2)3)18(16)22-19(23)15-10-8-7-9-11-15/h7-11,16-18H,5-6,12-14H2,1-4H3,(H,22,23)/t16-,17+,18+,21-/m1/s1. The van der Waals surface area contributed by atoms with E-state index in [1.807, 2.05) is 30.3 Å². The first-order chi connectivity index (χ1) is 10.9. The Morgan fingerprint density at radius 1 is 1.22 bits per heavy atom. The third-order valence-electron chi connectivity index (χ3n) is 7.22. The molecule has 0 saturated heterocycles. The first kappa shape index (κ1) is 16.5. The zero-order chi connectivity index (χ0) is 16.7. The van der Waals surface area contributed by atoms with Gasteiger partial charge in [-0.15, -0.1) is 0 Å². The molecule has 3 rings (SSSR count). The third-order valence-corrected chi connectivity index (χ3v) is 7.22. The highest BCUT2D eigenvalue weighted by atomic mass is 16.1. The maximum Gasteiger partial charge on any atom is 0.251 e. The highest BCUT2D eigenvalue weighted by molar-refractivity contribution is 5.94. The number of benzene rings is 1. The second-order valence-corrected chi connectivity index (χ2v) is 8.41. The van der Waals surface area contributed by atoms with Crippen LogP contribution in [0.4, 0.5) is 0 Å². The molecule has 126 valence electrons. The van der Waals surface area contributed by atoms with Gasteiger partial charge in [0.15, 0.2) is 0 Å². The predicted molar refractivity (Wildman–Crippen MR) is 95.3 cm³/mol. The zero-order valence-corrected chi connectivity index (χ0v) is 15.1. The SMILES string of the molecule is CCCC[C@@H]1[C@@H]2CC[C@](C)([C@H]1NC(=O)c1ccccc1)C2(C)C. The van der Waals surface area contributed by atoms with Crippen molar-refractivity contribution in [1.82, 2.24) is 5.32 Å². The van der Waals surface area contributed by atoms with Gasteiger partial charge in [-0.25, -0.2) is 0 Å². The van der Waals surface area contributed by atoms with Crippen molar-refractivity contribution in [3.05, 3.63) is 35.9 Å². The number of hydrogen-bond acceptors (Lipinski definition) is 1. The van der Waals surface area contributed by atoms with Crippen molar-refractivity contribution < 1.29 is 4.79 Å². The van der Waals surface area contributed by atoms with Crippen LogP contribution in [-0.2, 0) is 0 Å². The number of carbonyl (C=O) groups excluding carboxylic acids is 1. The van der Waals surface area contributed by atoms with Gasteiger partial charge < -0.3 is 5.32 Å². The molecule has 1 aromatic rings. The molecule has 4 atom stereocenters. The summed E-state index contributed by atoms with van der Waals surface area (Å²) in [5.74, 6) is 1.48. The van der Waals surface area contributed by atoms with Crippen molar-refractivity contribution in [3.63, 3.8) is 0 Å². The van der Waals surface area contributed by atoms with Crippen LogP contribution in [0, 0.1) is 22.7 Å². The van der Waals surface area contributed by atoms with E-state index >= 15 is 0 Å². The van der Waals surface area contributed by atoms with Crippen LogP contribution in [0.25, 0.3) is 0 Å². The summed E-state index contributed by atoms with van der Waals surface area (Å²) in [6.45, 7) is 9.53. The molecule has 1 amide bonds. The Labute approximate surface area is 141 Å². The average Bonchev–Trinajstić information content (AvgIpc) is 2.86. The van der Waals surface area contributed by atoms with Crippen molar-refractivity contribution in [2.75, 3.05) is 0 Å². The third kappa shape index (κ3) is 2.51. The summed E-state index contributed by atoms with van der Waals surface area (Å²) in [7, 11) is 0. The molecule has 1 aromatic carbocycles. The van der Waals surface area contributed by atoms with Gasteiger partial charge in [0, 0.05) is 11.6 Å². The summed E-state index contributed by atoms with van der Waals surface area (Å²) in [6, 6.07) is 9.98. The minimum Gasteiger partial charge on any atom is -0.348 e. The molecule has 1 N–H and O–H groups in total. The summed E-state index contributed by atoms with van der Waals surface area (Å²) in [4.78, 5) is 12.7. The number of rotatable bonds is 5. The Morgan fingerprint density at radius 2 is 1.91 bits per heavy atom. The highest BCUT2D eigenvalue weighted by Crippen LogP contribution is 2.68. The van der Waals surface area contributed by atoms with E-state index in [0.29, 0.717) is 17.4 Å². The van der Waals surface area contributed by atoms with Crippen molar-refractivity contribution in [1.29, 1.82) is 0 Å². The van der Waals surface area contributed by atoms with E-state index in [4.69, 9.17) is 0 Å². The van der Waals surface area contributed by atoms with Crippen molar-refractivity contribution in [2.24, 2.45) is 22.7 Å². The maximum atomic E-state index is 12.7. The van der Waals surface area contributed by atoms with E-state index in [0.717, 1.165) is 11.5 Å². The number of amides is 1. The van der Waals surface area contributed by atoms with Crippen LogP contribution in [0.15, 0.2) is 30.3 Å². The molecule has 0 radical (unpaired) electrons. The summed E-state index contributed by atoms with van der Waals surface area (Å²) < 4.78 is 0. The Kier molecular flexibility index (Phi) is 4.29. The fourth-order valence-corrected chi connectivity index (χ4v) is 5.46. The minimum absolute atomic E-state index is 0.0988. The van der Waals surface area contributed by atoms with Crippen LogP contribution >= 0.6 is 0 Å². The monoisotopic (exact) mass is 313 g/mol. The molecule has 2 heteroatoms. The normalized spacial score (nSPS) is 34.5. The lowest BCUT2D eigenvalue weighted by atomic mass is 9.69. The van der Waals surface area contributed by atoms with Gasteiger partial charge in [0.05, 0.1) is 0 Å². The topological polar surface area (TPSA) is 29.1 Å². The summed E-state index contributed by atoms with van der Waals surface area (Å²) in [5, 5.41) is 3.44. The predicted octanol–water partition coefficient (Wildman–Crippen LogP) is 5.05. The van der Waals surface area contributed by atoms with Crippen molar-refractivity contribution >= 4 is 5.91 Å². The molecule has 0 spiro atoms. The molecular weight excluding hydrogens is 282 g/mol. The van der Waals surface area contributed by atoms with Crippen LogP contribution in [0.3, 0.4) is 0 Å². The summed E-state index contributed by atoms with van der Waals surface area (Å²) in [6.07, 6.45) is 6.33. The van der Waals surface area contributed by atoms with E-state index in [-0.39, 0.29) is 11.3 Å². The Hall–Kier alpha value is -1.31. The molecule has 2 aliphatic carbocycles. The van der Waals surface area contributed by atoms with Gasteiger partial charge in [0.25, 0.3) is 5.91 Å². The molecule has 2 fully saturated rings. The zero-order valence-electron chi connectivity index (χ0n) is 15.1. The molecule has 0 unspecified atom stereocenters. The van der Waals surface area contributed by atoms with E-state index < -0.39 is 0 Å². The number of carbonyl (C=O) groups is 1. The second kappa shape index (κ2) is 5.96. The quantitative estimate of drug-likeness (QED) is 0.810. The summed E-state index contributed by atoms with van der Waals surface area (Å²) in [5.41, 5.74) is 1.33. The van der Waals surface area contributed by atoms with Gasteiger partial charge in [-0.3, -0.25) is 4.79 Å². The molecular formula is C21H31NO. The molecule has 23 heavy (non-hydrogen) atoms. The van der Waals surface area contributed by atoms with Crippen LogP contribution in [0.2, 0.25) is 0 Å². The maximum absolute atomic E-state index is 12.7. The van der Waals surface area contributed by atoms with Crippen LogP contribution in [0.5, 0.6) is 0 Å². The lowest BCUT2D eigenvalue weighted by molar-refractivity contribution is 0.0789. The van der Waals surface area contributed by atoms with Gasteiger partial charge in [0.1, 0.15) is 0 Å². The summed E-state index contributed by atoms with van der Waals surface area (Å²) >= 11 is 0.